The molecule has 1 atom stereocenters. The van der Waals surface area contributed by atoms with Crippen LogP contribution in [0.3, 0.4) is 0 Å². The van der Waals surface area contributed by atoms with Gasteiger partial charge in [-0.1, -0.05) is 36.4 Å². The Labute approximate surface area is 265 Å². The third-order valence-corrected chi connectivity index (χ3v) is 7.93. The molecule has 1 saturated heterocycles. The standard InChI is InChI=1S/C31H31F6N5O5/c1-40-11-13-41(14-12-40)17-19-5-7-20(8-6-19)25-24(21-3-2-4-23(15-21)47-31(35,36)37)18-42-22(16-39-27(43)26(25)42)9-10-38-29(45)46-28(44)30(32,33)34/h2-8,15,18,22H,9-14,16-17H2,1H3,(H,38,45)(H,39,43)/t22-/m0/s1. The highest BCUT2D eigenvalue weighted by Gasteiger charge is 2.42. The molecule has 0 unspecified atom stereocenters. The molecule has 0 bridgehead atoms. The number of hydrogen-bond donors (Lipinski definition) is 2. The zero-order valence-corrected chi connectivity index (χ0v) is 25.1. The molecule has 2 N–H and O–H groups in total. The first-order valence-electron chi connectivity index (χ1n) is 14.6. The van der Waals surface area contributed by atoms with E-state index >= 15 is 0 Å². The third-order valence-electron chi connectivity index (χ3n) is 7.93. The van der Waals surface area contributed by atoms with Gasteiger partial charge in [-0.15, -0.1) is 13.2 Å². The van der Waals surface area contributed by atoms with Crippen LogP contribution in [0.5, 0.6) is 5.75 Å². The molecule has 2 aliphatic rings. The van der Waals surface area contributed by atoms with E-state index in [0.29, 0.717) is 22.3 Å². The van der Waals surface area contributed by atoms with Gasteiger partial charge in [-0.3, -0.25) is 9.69 Å². The van der Waals surface area contributed by atoms with Crippen molar-refractivity contribution < 1.29 is 50.2 Å². The number of nitrogens with zero attached hydrogens (tertiary/aromatic N) is 3. The summed E-state index contributed by atoms with van der Waals surface area (Å²) in [5, 5.41) is 4.87. The van der Waals surface area contributed by atoms with Gasteiger partial charge in [-0.05, 0) is 42.3 Å². The van der Waals surface area contributed by atoms with E-state index in [-0.39, 0.29) is 25.2 Å². The Kier molecular flexibility index (Phi) is 9.81. The summed E-state index contributed by atoms with van der Waals surface area (Å²) in [6.07, 6.45) is -10.1. The van der Waals surface area contributed by atoms with E-state index in [1.165, 1.54) is 12.1 Å². The molecular formula is C31H31F6N5O5. The number of nitrogens with one attached hydrogen (secondary N) is 2. The molecule has 2 aliphatic heterocycles. The second-order valence-electron chi connectivity index (χ2n) is 11.3. The summed E-state index contributed by atoms with van der Waals surface area (Å²) < 4.78 is 85.9. The molecule has 3 aromatic rings. The zero-order chi connectivity index (χ0) is 33.9. The van der Waals surface area contributed by atoms with Gasteiger partial charge in [-0.2, -0.15) is 13.2 Å². The Morgan fingerprint density at radius 2 is 1.68 bits per heavy atom. The van der Waals surface area contributed by atoms with Gasteiger partial charge in [0.1, 0.15) is 11.4 Å². The van der Waals surface area contributed by atoms with Crippen molar-refractivity contribution >= 4 is 18.0 Å². The van der Waals surface area contributed by atoms with E-state index in [0.717, 1.165) is 44.4 Å². The fraction of sp³-hybridized carbons (Fsp3) is 0.387. The molecule has 1 aromatic heterocycles. The van der Waals surface area contributed by atoms with Crippen LogP contribution in [0.4, 0.5) is 31.1 Å². The number of ether oxygens (including phenoxy) is 2. The quantitative estimate of drug-likeness (QED) is 0.199. The normalized spacial score (nSPS) is 17.5. The van der Waals surface area contributed by atoms with Crippen molar-refractivity contribution in [2.45, 2.75) is 31.5 Å². The van der Waals surface area contributed by atoms with Crippen molar-refractivity contribution in [3.05, 3.63) is 66.0 Å². The third kappa shape index (κ3) is 8.43. The van der Waals surface area contributed by atoms with Crippen molar-refractivity contribution in [2.24, 2.45) is 0 Å². The summed E-state index contributed by atoms with van der Waals surface area (Å²) in [7, 11) is 2.07. The highest BCUT2D eigenvalue weighted by Crippen LogP contribution is 2.41. The van der Waals surface area contributed by atoms with Gasteiger partial charge in [0.15, 0.2) is 0 Å². The summed E-state index contributed by atoms with van der Waals surface area (Å²) in [5.41, 5.74) is 3.10. The van der Waals surface area contributed by atoms with Gasteiger partial charge in [-0.25, -0.2) is 9.59 Å². The summed E-state index contributed by atoms with van der Waals surface area (Å²) in [6, 6.07) is 12.4. The molecule has 0 radical (unpaired) electrons. The van der Waals surface area contributed by atoms with Gasteiger partial charge in [0.25, 0.3) is 5.91 Å². The molecule has 3 heterocycles. The van der Waals surface area contributed by atoms with Crippen LogP contribution in [0.1, 0.15) is 28.5 Å². The predicted octanol–water partition coefficient (Wildman–Crippen LogP) is 4.96. The number of likely N-dealkylation sites (N-methyl/N-ethyl adjacent to an activating group) is 1. The molecule has 0 saturated carbocycles. The average Bonchev–Trinajstić information content (AvgIpc) is 3.41. The number of piperazine rings is 1. The number of aromatic nitrogens is 1. The van der Waals surface area contributed by atoms with E-state index < -0.39 is 42.3 Å². The van der Waals surface area contributed by atoms with Gasteiger partial charge < -0.3 is 29.6 Å². The molecule has 1 fully saturated rings. The maximum absolute atomic E-state index is 13.3. The van der Waals surface area contributed by atoms with Gasteiger partial charge in [0.2, 0.25) is 0 Å². The van der Waals surface area contributed by atoms with Crippen LogP contribution in [0, 0.1) is 0 Å². The molecule has 10 nitrogen and oxygen atoms in total. The first-order chi connectivity index (χ1) is 22.2. The van der Waals surface area contributed by atoms with Crippen molar-refractivity contribution in [3.63, 3.8) is 0 Å². The first-order valence-corrected chi connectivity index (χ1v) is 14.6. The second-order valence-corrected chi connectivity index (χ2v) is 11.3. The monoisotopic (exact) mass is 667 g/mol. The van der Waals surface area contributed by atoms with Crippen LogP contribution in [0.25, 0.3) is 22.3 Å². The summed E-state index contributed by atoms with van der Waals surface area (Å²) in [5.74, 6) is -3.56. The number of carbonyl (C=O) groups excluding carboxylic acids is 3. The lowest BCUT2D eigenvalue weighted by Crippen LogP contribution is -2.43. The Morgan fingerprint density at radius 1 is 0.979 bits per heavy atom. The van der Waals surface area contributed by atoms with Crippen LogP contribution < -0.4 is 15.4 Å². The first kappa shape index (κ1) is 33.8. The minimum Gasteiger partial charge on any atom is -0.406 e. The number of alkyl halides is 6. The highest BCUT2D eigenvalue weighted by atomic mass is 19.4. The lowest BCUT2D eigenvalue weighted by Gasteiger charge is -2.32. The number of hydrogen-bond acceptors (Lipinski definition) is 7. The summed E-state index contributed by atoms with van der Waals surface area (Å²) in [6.45, 7) is 4.32. The van der Waals surface area contributed by atoms with Crippen LogP contribution in [0.15, 0.2) is 54.7 Å². The van der Waals surface area contributed by atoms with E-state index in [1.807, 2.05) is 24.3 Å². The van der Waals surface area contributed by atoms with Crippen LogP contribution in [-0.2, 0) is 16.1 Å². The topological polar surface area (TPSA) is 105 Å². The Hall–Kier alpha value is -4.57. The fourth-order valence-corrected chi connectivity index (χ4v) is 5.61. The maximum atomic E-state index is 13.3. The molecular weight excluding hydrogens is 636 g/mol. The van der Waals surface area contributed by atoms with Gasteiger partial charge in [0, 0.05) is 63.1 Å². The van der Waals surface area contributed by atoms with Crippen molar-refractivity contribution in [1.29, 1.82) is 0 Å². The van der Waals surface area contributed by atoms with E-state index in [4.69, 9.17) is 0 Å². The lowest BCUT2D eigenvalue weighted by molar-refractivity contribution is -0.274. The second kappa shape index (κ2) is 13.7. The summed E-state index contributed by atoms with van der Waals surface area (Å²) in [4.78, 5) is 40.6. The van der Waals surface area contributed by atoms with Crippen molar-refractivity contribution in [2.75, 3.05) is 46.3 Å². The predicted molar refractivity (Wildman–Crippen MR) is 156 cm³/mol. The lowest BCUT2D eigenvalue weighted by atomic mass is 9.95. The molecule has 252 valence electrons. The number of benzene rings is 2. The van der Waals surface area contributed by atoms with Crippen LogP contribution in [-0.4, -0.2) is 91.2 Å². The number of amides is 2. The Balaban J connectivity index is 1.45. The highest BCUT2D eigenvalue weighted by molar-refractivity contribution is 6.05. The number of esters is 1. The van der Waals surface area contributed by atoms with Crippen LogP contribution >= 0.6 is 0 Å². The van der Waals surface area contributed by atoms with Gasteiger partial charge in [0.05, 0.1) is 6.04 Å². The number of alkyl carbamates (subject to hydrolysis) is 1. The molecule has 2 aromatic carbocycles. The Morgan fingerprint density at radius 3 is 2.34 bits per heavy atom. The molecule has 0 aliphatic carbocycles. The number of carbonyl (C=O) groups is 3. The van der Waals surface area contributed by atoms with Crippen molar-refractivity contribution in [3.8, 4) is 28.0 Å². The molecule has 16 heteroatoms. The molecule has 5 rings (SSSR count). The number of fused-ring (bicyclic) bond motifs is 1. The summed E-state index contributed by atoms with van der Waals surface area (Å²) >= 11 is 0. The number of rotatable bonds is 8. The van der Waals surface area contributed by atoms with Gasteiger partial charge >= 0.3 is 24.6 Å². The molecule has 0 spiro atoms. The SMILES string of the molecule is CN1CCN(Cc2ccc(-c3c(-c4cccc(OC(F)(F)F)c4)cn4c3C(=O)NC[C@@H]4CCNC(=O)OC(=O)C(F)(F)F)cc2)CC1. The van der Waals surface area contributed by atoms with E-state index in [2.05, 4.69) is 37.0 Å². The smallest absolute Gasteiger partial charge is 0.406 e. The molecule has 47 heavy (non-hydrogen) atoms. The minimum absolute atomic E-state index is 0.0821. The van der Waals surface area contributed by atoms with Crippen molar-refractivity contribution in [1.82, 2.24) is 25.0 Å². The number of halogens is 6. The minimum atomic E-state index is -5.34. The average molecular weight is 668 g/mol. The maximum Gasteiger partial charge on any atom is 0.573 e. The molecule has 2 amide bonds. The largest absolute Gasteiger partial charge is 0.573 e. The zero-order valence-electron chi connectivity index (χ0n) is 25.1. The van der Waals surface area contributed by atoms with E-state index in [9.17, 15) is 40.7 Å². The fourth-order valence-electron chi connectivity index (χ4n) is 5.61. The van der Waals surface area contributed by atoms with E-state index in [1.54, 1.807) is 16.8 Å². The Bertz CT molecular complexity index is 1610. The van der Waals surface area contributed by atoms with Crippen LogP contribution in [0.2, 0.25) is 0 Å².